The van der Waals surface area contributed by atoms with E-state index in [2.05, 4.69) is 0 Å². The predicted octanol–water partition coefficient (Wildman–Crippen LogP) is 3.65. The minimum Gasteiger partial charge on any atom is -0.454 e. The highest BCUT2D eigenvalue weighted by Crippen LogP contribution is 2.22. The Hall–Kier alpha value is -2.73. The lowest BCUT2D eigenvalue weighted by atomic mass is 10.1. The molecule has 1 saturated heterocycles. The van der Waals surface area contributed by atoms with E-state index >= 15 is 0 Å². The summed E-state index contributed by atoms with van der Waals surface area (Å²) in [6, 6.07) is 10.1. The van der Waals surface area contributed by atoms with Gasteiger partial charge >= 0.3 is 5.97 Å². The topological polar surface area (TPSA) is 63.7 Å². The zero-order valence-electron chi connectivity index (χ0n) is 13.7. The number of benzene rings is 2. The molecule has 26 heavy (non-hydrogen) atoms. The Morgan fingerprint density at radius 2 is 1.88 bits per heavy atom. The molecule has 0 bridgehead atoms. The van der Waals surface area contributed by atoms with Crippen molar-refractivity contribution in [1.29, 1.82) is 0 Å². The third kappa shape index (κ3) is 3.91. The lowest BCUT2D eigenvalue weighted by molar-refractivity contribution is -0.117. The molecule has 0 spiro atoms. The van der Waals surface area contributed by atoms with Crippen molar-refractivity contribution in [2.24, 2.45) is 0 Å². The van der Waals surface area contributed by atoms with E-state index < -0.39 is 24.2 Å². The van der Waals surface area contributed by atoms with E-state index in [1.165, 1.54) is 12.1 Å². The SMILES string of the molecule is O=C(COC(=O)c1ccc(Cl)cc1F)c1ccc(N2CCCC2=O)cc1. The van der Waals surface area contributed by atoms with Crippen molar-refractivity contribution in [3.63, 3.8) is 0 Å². The number of halogens is 2. The van der Waals surface area contributed by atoms with Crippen LogP contribution in [-0.2, 0) is 9.53 Å². The normalized spacial score (nSPS) is 13.8. The third-order valence-corrected chi connectivity index (χ3v) is 4.29. The molecule has 0 unspecified atom stereocenters. The predicted molar refractivity (Wildman–Crippen MR) is 94.1 cm³/mol. The molecule has 1 aliphatic heterocycles. The van der Waals surface area contributed by atoms with Gasteiger partial charge in [0.1, 0.15) is 5.82 Å². The van der Waals surface area contributed by atoms with E-state index in [1.54, 1.807) is 29.2 Å². The van der Waals surface area contributed by atoms with Crippen LogP contribution < -0.4 is 4.90 Å². The number of anilines is 1. The number of carbonyl (C=O) groups is 3. The molecule has 1 aliphatic rings. The number of ether oxygens (including phenoxy) is 1. The second-order valence-corrected chi connectivity index (χ2v) is 6.26. The van der Waals surface area contributed by atoms with E-state index in [0.29, 0.717) is 18.5 Å². The molecule has 0 aromatic heterocycles. The number of rotatable bonds is 5. The molecule has 2 aromatic rings. The van der Waals surface area contributed by atoms with Crippen LogP contribution in [0.25, 0.3) is 0 Å². The van der Waals surface area contributed by atoms with Crippen molar-refractivity contribution in [2.45, 2.75) is 12.8 Å². The van der Waals surface area contributed by atoms with Crippen LogP contribution in [-0.4, -0.2) is 30.8 Å². The standard InChI is InChI=1S/C19H15ClFNO4/c20-13-5-8-15(16(21)10-13)19(25)26-11-17(23)12-3-6-14(7-4-12)22-9-1-2-18(22)24/h3-8,10H,1-2,9,11H2. The van der Waals surface area contributed by atoms with Crippen LogP contribution in [0.4, 0.5) is 10.1 Å². The van der Waals surface area contributed by atoms with Crippen LogP contribution in [0.2, 0.25) is 5.02 Å². The minimum atomic E-state index is -0.938. The maximum atomic E-state index is 13.7. The molecule has 0 N–H and O–H groups in total. The number of amides is 1. The summed E-state index contributed by atoms with van der Waals surface area (Å²) in [5.74, 6) is -2.11. The van der Waals surface area contributed by atoms with Crippen LogP contribution in [0.15, 0.2) is 42.5 Å². The van der Waals surface area contributed by atoms with Crippen LogP contribution in [0, 0.1) is 5.82 Å². The monoisotopic (exact) mass is 375 g/mol. The fraction of sp³-hybridized carbons (Fsp3) is 0.211. The first-order valence-corrected chi connectivity index (χ1v) is 8.39. The van der Waals surface area contributed by atoms with Gasteiger partial charge in [0.25, 0.3) is 0 Å². The Morgan fingerprint density at radius 1 is 1.15 bits per heavy atom. The summed E-state index contributed by atoms with van der Waals surface area (Å²) in [5, 5.41) is 0.159. The van der Waals surface area contributed by atoms with Gasteiger partial charge in [0.15, 0.2) is 12.4 Å². The van der Waals surface area contributed by atoms with Crippen LogP contribution in [0.3, 0.4) is 0 Å². The molecule has 1 fully saturated rings. The molecule has 0 saturated carbocycles. The first-order chi connectivity index (χ1) is 12.5. The van der Waals surface area contributed by atoms with Crippen molar-refractivity contribution in [3.8, 4) is 0 Å². The number of carbonyl (C=O) groups excluding carboxylic acids is 3. The molecule has 1 heterocycles. The summed E-state index contributed by atoms with van der Waals surface area (Å²) in [7, 11) is 0. The van der Waals surface area contributed by atoms with Gasteiger partial charge in [0.05, 0.1) is 5.56 Å². The lowest BCUT2D eigenvalue weighted by Crippen LogP contribution is -2.23. The molecule has 3 rings (SSSR count). The van der Waals surface area contributed by atoms with Crippen molar-refractivity contribution in [2.75, 3.05) is 18.1 Å². The Morgan fingerprint density at radius 3 is 2.50 bits per heavy atom. The first-order valence-electron chi connectivity index (χ1n) is 8.01. The number of hydrogen-bond donors (Lipinski definition) is 0. The zero-order valence-corrected chi connectivity index (χ0v) is 14.5. The van der Waals surface area contributed by atoms with E-state index in [4.69, 9.17) is 16.3 Å². The zero-order chi connectivity index (χ0) is 18.7. The van der Waals surface area contributed by atoms with Crippen LogP contribution in [0.1, 0.15) is 33.6 Å². The highest BCUT2D eigenvalue weighted by molar-refractivity contribution is 6.30. The van der Waals surface area contributed by atoms with Crippen molar-refractivity contribution in [3.05, 3.63) is 64.4 Å². The molecule has 7 heteroatoms. The quantitative estimate of drug-likeness (QED) is 0.591. The number of Topliss-reactive ketones (excluding diaryl/α,β-unsaturated/α-hetero) is 1. The minimum absolute atomic E-state index is 0.0583. The molecule has 0 aliphatic carbocycles. The van der Waals surface area contributed by atoms with E-state index in [0.717, 1.165) is 18.2 Å². The average Bonchev–Trinajstić information content (AvgIpc) is 3.05. The first kappa shape index (κ1) is 18.1. The molecular weight excluding hydrogens is 361 g/mol. The van der Waals surface area contributed by atoms with E-state index in [1.807, 2.05) is 0 Å². The van der Waals surface area contributed by atoms with Crippen molar-refractivity contribution >= 4 is 34.9 Å². The van der Waals surface area contributed by atoms with Gasteiger partial charge in [-0.2, -0.15) is 0 Å². The van der Waals surface area contributed by atoms with Gasteiger partial charge in [0, 0.05) is 29.2 Å². The Kier molecular flexibility index (Phi) is 5.32. The summed E-state index contributed by atoms with van der Waals surface area (Å²) in [6.45, 7) is 0.152. The Balaban J connectivity index is 1.61. The van der Waals surface area contributed by atoms with Crippen LogP contribution in [0.5, 0.6) is 0 Å². The molecular formula is C19H15ClFNO4. The number of nitrogens with zero attached hydrogens (tertiary/aromatic N) is 1. The van der Waals surface area contributed by atoms with Gasteiger partial charge < -0.3 is 9.64 Å². The molecule has 0 atom stereocenters. The number of esters is 1. The second-order valence-electron chi connectivity index (χ2n) is 5.82. The molecule has 5 nitrogen and oxygen atoms in total. The molecule has 134 valence electrons. The summed E-state index contributed by atoms with van der Waals surface area (Å²) in [6.07, 6.45) is 1.34. The summed E-state index contributed by atoms with van der Waals surface area (Å²) >= 11 is 5.63. The van der Waals surface area contributed by atoms with Gasteiger partial charge in [-0.3, -0.25) is 9.59 Å². The summed E-state index contributed by atoms with van der Waals surface area (Å²) in [4.78, 5) is 37.4. The second kappa shape index (κ2) is 7.66. The molecule has 0 radical (unpaired) electrons. The van der Waals surface area contributed by atoms with Gasteiger partial charge in [-0.05, 0) is 48.9 Å². The Bertz CT molecular complexity index is 866. The Labute approximate surface area is 154 Å². The van der Waals surface area contributed by atoms with E-state index in [-0.39, 0.29) is 16.5 Å². The third-order valence-electron chi connectivity index (χ3n) is 4.06. The molecule has 1 amide bonds. The van der Waals surface area contributed by atoms with Gasteiger partial charge in [-0.1, -0.05) is 11.6 Å². The van der Waals surface area contributed by atoms with Crippen molar-refractivity contribution < 1.29 is 23.5 Å². The fourth-order valence-electron chi connectivity index (χ4n) is 2.70. The highest BCUT2D eigenvalue weighted by atomic mass is 35.5. The van der Waals surface area contributed by atoms with Gasteiger partial charge in [-0.15, -0.1) is 0 Å². The highest BCUT2D eigenvalue weighted by Gasteiger charge is 2.22. The largest absolute Gasteiger partial charge is 0.454 e. The van der Waals surface area contributed by atoms with E-state index in [9.17, 15) is 18.8 Å². The van der Waals surface area contributed by atoms with Gasteiger partial charge in [0.2, 0.25) is 5.91 Å². The van der Waals surface area contributed by atoms with Gasteiger partial charge in [-0.25, -0.2) is 9.18 Å². The maximum Gasteiger partial charge on any atom is 0.341 e. The summed E-state index contributed by atoms with van der Waals surface area (Å²) < 4.78 is 18.5. The smallest absolute Gasteiger partial charge is 0.341 e. The number of ketones is 1. The fourth-order valence-corrected chi connectivity index (χ4v) is 2.85. The summed E-state index contributed by atoms with van der Waals surface area (Å²) in [5.41, 5.74) is 0.777. The lowest BCUT2D eigenvalue weighted by Gasteiger charge is -2.15. The average molecular weight is 376 g/mol. The van der Waals surface area contributed by atoms with Crippen LogP contribution >= 0.6 is 11.6 Å². The molecule has 2 aromatic carbocycles. The maximum absolute atomic E-state index is 13.7. The van der Waals surface area contributed by atoms with Crippen molar-refractivity contribution in [1.82, 2.24) is 0 Å². The number of hydrogen-bond acceptors (Lipinski definition) is 4.